The predicted molar refractivity (Wildman–Crippen MR) is 145 cm³/mol. The Morgan fingerprint density at radius 1 is 1.00 bits per heavy atom. The van der Waals surface area contributed by atoms with Crippen LogP contribution in [-0.2, 0) is 11.2 Å². The van der Waals surface area contributed by atoms with Crippen LogP contribution in [0.4, 0.5) is 11.4 Å². The van der Waals surface area contributed by atoms with E-state index in [1.807, 2.05) is 64.9 Å². The number of nitrogen functional groups attached to an aromatic ring is 1. The van der Waals surface area contributed by atoms with Gasteiger partial charge in [-0.15, -0.1) is 11.8 Å². The molecule has 1 saturated carbocycles. The molecule has 35 heavy (non-hydrogen) atoms. The number of amides is 1. The number of hydrogen-bond donors (Lipinski definition) is 2. The number of pyridine rings is 1. The van der Waals surface area contributed by atoms with Gasteiger partial charge in [0.05, 0.1) is 5.03 Å². The zero-order chi connectivity index (χ0) is 24.4. The van der Waals surface area contributed by atoms with Crippen LogP contribution in [0.2, 0.25) is 0 Å². The lowest BCUT2D eigenvalue weighted by Crippen LogP contribution is -2.23. The Labute approximate surface area is 209 Å². The van der Waals surface area contributed by atoms with Gasteiger partial charge in [-0.2, -0.15) is 0 Å². The second-order valence-electron chi connectivity index (χ2n) is 9.20. The van der Waals surface area contributed by atoms with E-state index in [9.17, 15) is 9.59 Å². The maximum Gasteiger partial charge on any atom is 0.251 e. The summed E-state index contributed by atoms with van der Waals surface area (Å²) in [6.45, 7) is 2.15. The number of nitrogens with zero attached hydrogens (tertiary/aromatic N) is 1. The van der Waals surface area contributed by atoms with Crippen LogP contribution in [0.1, 0.15) is 48.4 Å². The van der Waals surface area contributed by atoms with Gasteiger partial charge in [0, 0.05) is 34.6 Å². The Balaban J connectivity index is 0.000000239. The molecule has 2 heterocycles. The molecular weight excluding hydrogens is 454 g/mol. The van der Waals surface area contributed by atoms with Gasteiger partial charge in [0.1, 0.15) is 0 Å². The molecule has 1 fully saturated rings. The normalized spacial score (nSPS) is 16.3. The fourth-order valence-corrected chi connectivity index (χ4v) is 6.21. The summed E-state index contributed by atoms with van der Waals surface area (Å²) in [6, 6.07) is 23.9. The number of fused-ring (bicyclic) bond motifs is 2. The largest absolute Gasteiger partial charge is 0.398 e. The number of hydrogen-bond acceptors (Lipinski definition) is 4. The van der Waals surface area contributed by atoms with Crippen LogP contribution in [0.3, 0.4) is 0 Å². The molecule has 2 aliphatic rings. The quantitative estimate of drug-likeness (QED) is 0.271. The van der Waals surface area contributed by atoms with E-state index in [1.165, 1.54) is 39.9 Å². The molecule has 0 radical (unpaired) electrons. The molecule has 3 N–H and O–H groups in total. The SMILES string of the molecule is CC1CSc2c(C3CC3)c(Cc3ccc(N)c4ccccc34)cc(=O)n21.O=CNc1ccccc1. The lowest BCUT2D eigenvalue weighted by Gasteiger charge is -2.17. The van der Waals surface area contributed by atoms with Gasteiger partial charge in [0.25, 0.3) is 5.56 Å². The Bertz CT molecular complexity index is 1430. The number of benzene rings is 3. The third-order valence-corrected chi connectivity index (χ3v) is 7.99. The second kappa shape index (κ2) is 10.0. The number of nitrogens with two attached hydrogens (primary N) is 1. The third kappa shape index (κ3) is 4.84. The highest BCUT2D eigenvalue weighted by Crippen LogP contribution is 2.48. The van der Waals surface area contributed by atoms with Gasteiger partial charge in [-0.3, -0.25) is 14.2 Å². The molecule has 3 aromatic carbocycles. The van der Waals surface area contributed by atoms with Crippen molar-refractivity contribution in [1.29, 1.82) is 0 Å². The topological polar surface area (TPSA) is 77.1 Å². The molecule has 178 valence electrons. The molecule has 0 bridgehead atoms. The fourth-order valence-electron chi connectivity index (χ4n) is 4.80. The van der Waals surface area contributed by atoms with Crippen LogP contribution in [0.5, 0.6) is 0 Å². The highest BCUT2D eigenvalue weighted by Gasteiger charge is 2.34. The van der Waals surface area contributed by atoms with Crippen molar-refractivity contribution >= 4 is 40.3 Å². The third-order valence-electron chi connectivity index (χ3n) is 6.65. The number of para-hydroxylation sites is 1. The maximum atomic E-state index is 12.8. The van der Waals surface area contributed by atoms with Crippen LogP contribution in [0.15, 0.2) is 82.6 Å². The minimum atomic E-state index is 0.150. The van der Waals surface area contributed by atoms with Crippen LogP contribution in [0, 0.1) is 0 Å². The number of carbonyl (C=O) groups is 1. The van der Waals surface area contributed by atoms with Gasteiger partial charge in [0.15, 0.2) is 0 Å². The van der Waals surface area contributed by atoms with Crippen LogP contribution in [-0.4, -0.2) is 16.7 Å². The molecule has 1 aromatic heterocycles. The summed E-state index contributed by atoms with van der Waals surface area (Å²) in [6.07, 6.45) is 3.95. The highest BCUT2D eigenvalue weighted by molar-refractivity contribution is 7.99. The summed E-state index contributed by atoms with van der Waals surface area (Å²) in [5, 5.41) is 6.04. The first-order valence-corrected chi connectivity index (χ1v) is 13.0. The molecule has 1 aliphatic carbocycles. The van der Waals surface area contributed by atoms with Crippen LogP contribution >= 0.6 is 11.8 Å². The molecule has 0 saturated heterocycles. The first kappa shape index (κ1) is 23.2. The monoisotopic (exact) mass is 483 g/mol. The summed E-state index contributed by atoms with van der Waals surface area (Å²) in [5.41, 5.74) is 11.8. The molecule has 5 nitrogen and oxygen atoms in total. The van der Waals surface area contributed by atoms with Gasteiger partial charge in [-0.1, -0.05) is 48.5 Å². The van der Waals surface area contributed by atoms with Crippen molar-refractivity contribution in [3.05, 3.63) is 99.8 Å². The van der Waals surface area contributed by atoms with Crippen molar-refractivity contribution in [2.45, 2.75) is 43.2 Å². The van der Waals surface area contributed by atoms with Crippen LogP contribution in [0.25, 0.3) is 10.8 Å². The zero-order valence-corrected chi connectivity index (χ0v) is 20.6. The van der Waals surface area contributed by atoms with E-state index >= 15 is 0 Å². The smallest absolute Gasteiger partial charge is 0.251 e. The molecule has 1 atom stereocenters. The number of rotatable bonds is 5. The molecule has 6 rings (SSSR count). The maximum absolute atomic E-state index is 12.8. The van der Waals surface area contributed by atoms with Gasteiger partial charge in [-0.05, 0) is 72.4 Å². The Hall–Kier alpha value is -3.51. The van der Waals surface area contributed by atoms with Gasteiger partial charge < -0.3 is 11.1 Å². The number of aromatic nitrogens is 1. The van der Waals surface area contributed by atoms with Crippen molar-refractivity contribution in [1.82, 2.24) is 4.57 Å². The van der Waals surface area contributed by atoms with E-state index in [0.717, 1.165) is 28.9 Å². The summed E-state index contributed by atoms with van der Waals surface area (Å²) in [4.78, 5) is 22.6. The molecule has 6 heteroatoms. The lowest BCUT2D eigenvalue weighted by molar-refractivity contribution is -0.105. The summed E-state index contributed by atoms with van der Waals surface area (Å²) in [5.74, 6) is 1.63. The predicted octanol–water partition coefficient (Wildman–Crippen LogP) is 5.97. The average molecular weight is 484 g/mol. The average Bonchev–Trinajstić information content (AvgIpc) is 3.63. The molecule has 1 unspecified atom stereocenters. The zero-order valence-electron chi connectivity index (χ0n) is 19.7. The fraction of sp³-hybridized carbons (Fsp3) is 0.241. The highest BCUT2D eigenvalue weighted by atomic mass is 32.2. The van der Waals surface area contributed by atoms with E-state index in [0.29, 0.717) is 18.4 Å². The number of nitrogens with one attached hydrogen (secondary N) is 1. The Morgan fingerprint density at radius 2 is 1.71 bits per heavy atom. The summed E-state index contributed by atoms with van der Waals surface area (Å²) < 4.78 is 2.02. The van der Waals surface area contributed by atoms with Gasteiger partial charge >= 0.3 is 0 Å². The molecule has 0 spiro atoms. The van der Waals surface area contributed by atoms with E-state index < -0.39 is 0 Å². The number of anilines is 2. The van der Waals surface area contributed by atoms with E-state index in [2.05, 4.69) is 36.5 Å². The molecule has 1 aliphatic heterocycles. The van der Waals surface area contributed by atoms with Gasteiger partial charge in [0.2, 0.25) is 6.41 Å². The van der Waals surface area contributed by atoms with Crippen molar-refractivity contribution in [2.24, 2.45) is 0 Å². The minimum absolute atomic E-state index is 0.150. The molecule has 4 aromatic rings. The minimum Gasteiger partial charge on any atom is -0.398 e. The molecule has 1 amide bonds. The number of thioether (sulfide) groups is 1. The van der Waals surface area contributed by atoms with Crippen molar-refractivity contribution in [3.63, 3.8) is 0 Å². The summed E-state index contributed by atoms with van der Waals surface area (Å²) in [7, 11) is 0. The molecular formula is C29H29N3O2S. The van der Waals surface area contributed by atoms with Gasteiger partial charge in [-0.25, -0.2) is 0 Å². The van der Waals surface area contributed by atoms with E-state index in [4.69, 9.17) is 5.73 Å². The van der Waals surface area contributed by atoms with E-state index in [-0.39, 0.29) is 5.56 Å². The first-order chi connectivity index (χ1) is 17.1. The van der Waals surface area contributed by atoms with Crippen molar-refractivity contribution < 1.29 is 4.79 Å². The van der Waals surface area contributed by atoms with Crippen molar-refractivity contribution in [2.75, 3.05) is 16.8 Å². The lowest BCUT2D eigenvalue weighted by atomic mass is 9.94. The summed E-state index contributed by atoms with van der Waals surface area (Å²) >= 11 is 1.86. The van der Waals surface area contributed by atoms with Crippen molar-refractivity contribution in [3.8, 4) is 0 Å². The van der Waals surface area contributed by atoms with E-state index in [1.54, 1.807) is 0 Å². The Morgan fingerprint density at radius 3 is 2.43 bits per heavy atom. The van der Waals surface area contributed by atoms with Crippen LogP contribution < -0.4 is 16.6 Å². The Kier molecular flexibility index (Phi) is 6.64. The first-order valence-electron chi connectivity index (χ1n) is 12.0. The standard InChI is InChI=1S/C22H22N2OS.C7H7NO/c1-13-12-26-22-21(14-6-7-14)16(11-20(25)24(13)22)10-15-8-9-19(23)18-5-3-2-4-17(15)18;9-6-8-7-4-2-1-3-5-7/h2-5,8-9,11,13-14H,6-7,10,12,23H2,1H3;1-6H,(H,8,9). The number of carbonyl (C=O) groups excluding carboxylic acids is 1. The second-order valence-corrected chi connectivity index (χ2v) is 10.2.